The monoisotopic (exact) mass is 312 g/mol. The first kappa shape index (κ1) is 14.4. The molecule has 23 heavy (non-hydrogen) atoms. The van der Waals surface area contributed by atoms with Gasteiger partial charge in [0.05, 0.1) is 6.20 Å². The summed E-state index contributed by atoms with van der Waals surface area (Å²) >= 11 is 0. The molecule has 0 unspecified atom stereocenters. The molecular weight excluding hydrogens is 300 g/mol. The summed E-state index contributed by atoms with van der Waals surface area (Å²) in [6, 6.07) is 9.74. The third-order valence-corrected chi connectivity index (χ3v) is 3.07. The maximum absolute atomic E-state index is 11.3. The number of rotatable bonds is 4. The summed E-state index contributed by atoms with van der Waals surface area (Å²) < 4.78 is 1.53. The van der Waals surface area contributed by atoms with Gasteiger partial charge < -0.3 is 15.7 Å². The van der Waals surface area contributed by atoms with E-state index in [9.17, 15) is 9.59 Å². The molecular formula is C14H12N6O3. The van der Waals surface area contributed by atoms with E-state index in [2.05, 4.69) is 25.8 Å². The Balaban J connectivity index is 1.84. The van der Waals surface area contributed by atoms with Crippen molar-refractivity contribution in [2.75, 3.05) is 10.6 Å². The minimum absolute atomic E-state index is 0.167. The number of carboxylic acid groups (broad SMARTS) is 1. The number of anilines is 2. The molecule has 3 N–H and O–H groups in total. The number of carbonyl (C=O) groups excluding carboxylic acids is 1. The van der Waals surface area contributed by atoms with Gasteiger partial charge in [0, 0.05) is 6.54 Å². The summed E-state index contributed by atoms with van der Waals surface area (Å²) in [4.78, 5) is 26.0. The highest BCUT2D eigenvalue weighted by Gasteiger charge is 2.16. The highest BCUT2D eigenvalue weighted by molar-refractivity contribution is 6.36. The zero-order chi connectivity index (χ0) is 16.2. The van der Waals surface area contributed by atoms with Crippen LogP contribution in [-0.2, 0) is 16.1 Å². The number of carbonyl (C=O) groups is 2. The third-order valence-electron chi connectivity index (χ3n) is 3.07. The van der Waals surface area contributed by atoms with Crippen molar-refractivity contribution in [1.29, 1.82) is 0 Å². The minimum Gasteiger partial charge on any atom is -0.474 e. The van der Waals surface area contributed by atoms with Gasteiger partial charge >= 0.3 is 11.9 Å². The zero-order valence-electron chi connectivity index (χ0n) is 11.8. The Morgan fingerprint density at radius 2 is 2.00 bits per heavy atom. The van der Waals surface area contributed by atoms with Crippen molar-refractivity contribution in [3.8, 4) is 0 Å². The van der Waals surface area contributed by atoms with E-state index in [1.54, 1.807) is 0 Å². The molecule has 0 radical (unpaired) electrons. The number of nitrogens with one attached hydrogen (secondary N) is 2. The third kappa shape index (κ3) is 3.07. The number of amides is 1. The second-order valence-corrected chi connectivity index (χ2v) is 4.62. The van der Waals surface area contributed by atoms with Crippen LogP contribution in [-0.4, -0.2) is 36.6 Å². The number of hydrogen-bond donors (Lipinski definition) is 3. The first-order valence-corrected chi connectivity index (χ1v) is 6.66. The van der Waals surface area contributed by atoms with Crippen molar-refractivity contribution in [3.05, 3.63) is 48.4 Å². The van der Waals surface area contributed by atoms with Gasteiger partial charge in [-0.2, -0.15) is 0 Å². The molecule has 2 heterocycles. The Bertz CT molecular complexity index is 861. The second kappa shape index (κ2) is 6.10. The fourth-order valence-corrected chi connectivity index (χ4v) is 1.99. The van der Waals surface area contributed by atoms with Gasteiger partial charge in [-0.15, -0.1) is 10.2 Å². The largest absolute Gasteiger partial charge is 0.474 e. The number of aliphatic carboxylic acids is 1. The van der Waals surface area contributed by atoms with E-state index in [0.29, 0.717) is 18.1 Å². The van der Waals surface area contributed by atoms with Gasteiger partial charge in [-0.25, -0.2) is 14.2 Å². The van der Waals surface area contributed by atoms with Crippen LogP contribution >= 0.6 is 0 Å². The molecule has 116 valence electrons. The summed E-state index contributed by atoms with van der Waals surface area (Å²) in [5.41, 5.74) is 1.53. The van der Waals surface area contributed by atoms with Crippen molar-refractivity contribution in [1.82, 2.24) is 19.6 Å². The normalized spacial score (nSPS) is 10.4. The van der Waals surface area contributed by atoms with Gasteiger partial charge in [0.1, 0.15) is 12.0 Å². The van der Waals surface area contributed by atoms with Crippen molar-refractivity contribution in [3.63, 3.8) is 0 Å². The van der Waals surface area contributed by atoms with Gasteiger partial charge in [0.25, 0.3) is 0 Å². The molecule has 1 aromatic carbocycles. The lowest BCUT2D eigenvalue weighted by molar-refractivity contribution is -0.147. The van der Waals surface area contributed by atoms with Crippen molar-refractivity contribution in [2.45, 2.75) is 6.54 Å². The number of hydrogen-bond acceptors (Lipinski definition) is 6. The van der Waals surface area contributed by atoms with Crippen LogP contribution in [0.25, 0.3) is 5.65 Å². The Hall–Kier alpha value is -3.49. The summed E-state index contributed by atoms with van der Waals surface area (Å²) in [6.07, 6.45) is 2.75. The Morgan fingerprint density at radius 3 is 2.74 bits per heavy atom. The maximum Gasteiger partial charge on any atom is 0.394 e. The minimum atomic E-state index is -1.59. The SMILES string of the molecule is O=C(O)C(=O)Nc1cnc(NCc2ccccc2)n2cnnc12. The average molecular weight is 312 g/mol. The van der Waals surface area contributed by atoms with E-state index < -0.39 is 11.9 Å². The summed E-state index contributed by atoms with van der Waals surface area (Å²) in [7, 11) is 0. The standard InChI is InChI=1S/C14H12N6O3/c21-12(13(22)23)18-10-7-16-14(20-8-17-19-11(10)20)15-6-9-4-2-1-3-5-9/h1-5,7-8H,6H2,(H,15,16)(H,18,21)(H,22,23). The van der Waals surface area contributed by atoms with E-state index >= 15 is 0 Å². The van der Waals surface area contributed by atoms with Crippen molar-refractivity contribution in [2.24, 2.45) is 0 Å². The molecule has 0 atom stereocenters. The maximum atomic E-state index is 11.3. The van der Waals surface area contributed by atoms with Crippen LogP contribution in [0.5, 0.6) is 0 Å². The fourth-order valence-electron chi connectivity index (χ4n) is 1.99. The summed E-state index contributed by atoms with van der Waals surface area (Å²) in [5, 5.41) is 21.6. The van der Waals surface area contributed by atoms with Crippen molar-refractivity contribution < 1.29 is 14.7 Å². The molecule has 3 rings (SSSR count). The molecule has 0 spiro atoms. The number of benzene rings is 1. The van der Waals surface area contributed by atoms with Gasteiger partial charge in [-0.1, -0.05) is 30.3 Å². The highest BCUT2D eigenvalue weighted by atomic mass is 16.4. The van der Waals surface area contributed by atoms with Gasteiger partial charge in [0.15, 0.2) is 5.65 Å². The predicted molar refractivity (Wildman–Crippen MR) is 80.8 cm³/mol. The Kier molecular flexibility index (Phi) is 3.83. The fraction of sp³-hybridized carbons (Fsp3) is 0.0714. The molecule has 0 bridgehead atoms. The number of nitrogens with zero attached hydrogens (tertiary/aromatic N) is 4. The van der Waals surface area contributed by atoms with E-state index in [1.165, 1.54) is 16.9 Å². The van der Waals surface area contributed by atoms with E-state index in [1.807, 2.05) is 30.3 Å². The van der Waals surface area contributed by atoms with Crippen LogP contribution in [0.4, 0.5) is 11.6 Å². The molecule has 0 aliphatic rings. The molecule has 9 nitrogen and oxygen atoms in total. The number of carboxylic acids is 1. The molecule has 0 fully saturated rings. The summed E-state index contributed by atoms with van der Waals surface area (Å²) in [5.74, 6) is -2.28. The molecule has 0 saturated heterocycles. The first-order chi connectivity index (χ1) is 11.1. The molecule has 9 heteroatoms. The lowest BCUT2D eigenvalue weighted by Crippen LogP contribution is -2.22. The first-order valence-electron chi connectivity index (χ1n) is 6.66. The van der Waals surface area contributed by atoms with E-state index in [0.717, 1.165) is 5.56 Å². The predicted octanol–water partition coefficient (Wildman–Crippen LogP) is 0.759. The van der Waals surface area contributed by atoms with Gasteiger partial charge in [0.2, 0.25) is 5.95 Å². The quantitative estimate of drug-likeness (QED) is 0.608. The topological polar surface area (TPSA) is 122 Å². The molecule has 2 aromatic heterocycles. The average Bonchev–Trinajstić information content (AvgIpc) is 3.05. The smallest absolute Gasteiger partial charge is 0.394 e. The van der Waals surface area contributed by atoms with E-state index in [4.69, 9.17) is 5.11 Å². The summed E-state index contributed by atoms with van der Waals surface area (Å²) in [6.45, 7) is 0.544. The van der Waals surface area contributed by atoms with Crippen LogP contribution in [0.1, 0.15) is 5.56 Å². The lowest BCUT2D eigenvalue weighted by Gasteiger charge is -2.09. The van der Waals surface area contributed by atoms with Gasteiger partial charge in [-0.3, -0.25) is 4.79 Å². The van der Waals surface area contributed by atoms with Crippen molar-refractivity contribution >= 4 is 29.2 Å². The van der Waals surface area contributed by atoms with Crippen LogP contribution < -0.4 is 10.6 Å². The van der Waals surface area contributed by atoms with Crippen LogP contribution in [0, 0.1) is 0 Å². The second-order valence-electron chi connectivity index (χ2n) is 4.62. The molecule has 0 aliphatic heterocycles. The lowest BCUT2D eigenvalue weighted by atomic mass is 10.2. The van der Waals surface area contributed by atoms with Crippen LogP contribution in [0.2, 0.25) is 0 Å². The molecule has 0 aliphatic carbocycles. The van der Waals surface area contributed by atoms with Crippen LogP contribution in [0.3, 0.4) is 0 Å². The molecule has 1 amide bonds. The molecule has 0 saturated carbocycles. The Morgan fingerprint density at radius 1 is 1.22 bits per heavy atom. The molecule has 3 aromatic rings. The highest BCUT2D eigenvalue weighted by Crippen LogP contribution is 2.17. The Labute approximate surface area is 130 Å². The number of aromatic nitrogens is 4. The number of fused-ring (bicyclic) bond motifs is 1. The zero-order valence-corrected chi connectivity index (χ0v) is 11.8. The van der Waals surface area contributed by atoms with Crippen LogP contribution in [0.15, 0.2) is 42.9 Å². The van der Waals surface area contributed by atoms with Gasteiger partial charge in [-0.05, 0) is 5.56 Å². The van der Waals surface area contributed by atoms with E-state index in [-0.39, 0.29) is 5.69 Å².